The number of benzene rings is 3. The number of rotatable bonds is 17. The summed E-state index contributed by atoms with van der Waals surface area (Å²) in [5.41, 5.74) is 4.47. The molecule has 0 spiro atoms. The maximum Gasteiger partial charge on any atom is 0.343 e. The van der Waals surface area contributed by atoms with E-state index in [4.69, 9.17) is 23.7 Å². The monoisotopic (exact) mass is 686 g/mol. The minimum atomic E-state index is -0.689. The maximum absolute atomic E-state index is 13.0. The lowest BCUT2D eigenvalue weighted by atomic mass is 9.98. The van der Waals surface area contributed by atoms with Crippen molar-refractivity contribution in [3.8, 4) is 28.4 Å². The quantitative estimate of drug-likeness (QED) is 0.0579. The molecule has 0 saturated carbocycles. The predicted molar refractivity (Wildman–Crippen MR) is 180 cm³/mol. The number of hydrogen-bond acceptors (Lipinski definition) is 12. The van der Waals surface area contributed by atoms with E-state index >= 15 is 0 Å². The molecule has 1 aliphatic rings. The van der Waals surface area contributed by atoms with Crippen LogP contribution in [0, 0.1) is 0 Å². The van der Waals surface area contributed by atoms with Crippen LogP contribution in [-0.2, 0) is 38.1 Å². The number of ether oxygens (including phenoxy) is 7. The van der Waals surface area contributed by atoms with Crippen LogP contribution in [-0.4, -0.2) is 70.5 Å². The van der Waals surface area contributed by atoms with Crippen molar-refractivity contribution >= 4 is 29.8 Å². The Morgan fingerprint density at radius 3 is 1.76 bits per heavy atom. The van der Waals surface area contributed by atoms with Gasteiger partial charge in [0.15, 0.2) is 0 Å². The molecule has 0 aromatic heterocycles. The van der Waals surface area contributed by atoms with E-state index in [0.717, 1.165) is 22.3 Å². The fourth-order valence-corrected chi connectivity index (χ4v) is 5.01. The normalized spacial score (nSPS) is 12.4. The zero-order valence-electron chi connectivity index (χ0n) is 28.1. The van der Waals surface area contributed by atoms with Gasteiger partial charge in [-0.2, -0.15) is 0 Å². The zero-order chi connectivity index (χ0) is 36.2. The van der Waals surface area contributed by atoms with Crippen molar-refractivity contribution in [1.29, 1.82) is 0 Å². The van der Waals surface area contributed by atoms with Gasteiger partial charge in [-0.25, -0.2) is 14.4 Å². The summed E-state index contributed by atoms with van der Waals surface area (Å²) in [5.74, 6) is -1.54. The Hall–Kier alpha value is -5.91. The van der Waals surface area contributed by atoms with Crippen LogP contribution in [0.4, 0.5) is 0 Å². The largest absolute Gasteiger partial charge is 0.493 e. The third kappa shape index (κ3) is 9.82. The fraction of sp³-hybridized carbons (Fsp3) is 0.289. The van der Waals surface area contributed by atoms with E-state index in [9.17, 15) is 24.0 Å². The number of fused-ring (bicyclic) bond motifs is 3. The molecule has 0 saturated heterocycles. The number of carbonyl (C=O) groups is 5. The van der Waals surface area contributed by atoms with Crippen LogP contribution in [0.2, 0.25) is 0 Å². The number of esters is 5. The summed E-state index contributed by atoms with van der Waals surface area (Å²) < 4.78 is 36.3. The lowest BCUT2D eigenvalue weighted by molar-refractivity contribution is -0.144. The van der Waals surface area contributed by atoms with Crippen LogP contribution < -0.4 is 14.2 Å². The van der Waals surface area contributed by atoms with Gasteiger partial charge in [0.05, 0.1) is 45.8 Å². The summed E-state index contributed by atoms with van der Waals surface area (Å²) in [6, 6.07) is 17.7. The van der Waals surface area contributed by atoms with Gasteiger partial charge in [0, 0.05) is 23.5 Å². The zero-order valence-corrected chi connectivity index (χ0v) is 28.1. The second-order valence-electron chi connectivity index (χ2n) is 11.2. The summed E-state index contributed by atoms with van der Waals surface area (Å²) in [6.45, 7) is 9.55. The summed E-state index contributed by atoms with van der Waals surface area (Å²) in [4.78, 5) is 59.4. The van der Waals surface area contributed by atoms with Crippen molar-refractivity contribution < 1.29 is 57.1 Å². The second-order valence-corrected chi connectivity index (χ2v) is 11.2. The van der Waals surface area contributed by atoms with Crippen molar-refractivity contribution in [1.82, 2.24) is 0 Å². The van der Waals surface area contributed by atoms with Crippen LogP contribution in [0.1, 0.15) is 53.6 Å². The molecular weight excluding hydrogens is 648 g/mol. The summed E-state index contributed by atoms with van der Waals surface area (Å²) in [6.07, 6.45) is -0.0599. The molecule has 1 atom stereocenters. The number of carbonyl (C=O) groups excluding carboxylic acids is 5. The van der Waals surface area contributed by atoms with E-state index < -0.39 is 29.8 Å². The minimum absolute atomic E-state index is 0.00173. The number of methoxy groups -OCH3 is 2. The highest BCUT2D eigenvalue weighted by molar-refractivity contribution is 5.94. The Labute approximate surface area is 289 Å². The first-order valence-electron chi connectivity index (χ1n) is 15.7. The molecule has 3 aromatic carbocycles. The highest BCUT2D eigenvalue weighted by Gasteiger charge is 2.27. The molecular formula is C38H38O12. The Morgan fingerprint density at radius 1 is 0.620 bits per heavy atom. The third-order valence-corrected chi connectivity index (χ3v) is 7.69. The highest BCUT2D eigenvalue weighted by Crippen LogP contribution is 2.46. The Bertz CT molecular complexity index is 1770. The molecule has 4 rings (SSSR count). The first kappa shape index (κ1) is 36.9. The van der Waals surface area contributed by atoms with Crippen molar-refractivity contribution in [3.63, 3.8) is 0 Å². The smallest absolute Gasteiger partial charge is 0.343 e. The molecule has 0 bridgehead atoms. The Balaban J connectivity index is 1.23. The molecule has 262 valence electrons. The molecule has 12 heteroatoms. The van der Waals surface area contributed by atoms with Crippen LogP contribution in [0.3, 0.4) is 0 Å². The minimum Gasteiger partial charge on any atom is -0.493 e. The van der Waals surface area contributed by atoms with Crippen LogP contribution in [0.5, 0.6) is 17.2 Å². The molecule has 50 heavy (non-hydrogen) atoms. The van der Waals surface area contributed by atoms with Gasteiger partial charge in [0.2, 0.25) is 0 Å². The number of hydrogen-bond donors (Lipinski definition) is 0. The molecule has 1 aliphatic carbocycles. The topological polar surface area (TPSA) is 150 Å². The SMILES string of the molecule is C=C(CC(=O)OC)C(=O)OCCCOc1ccc(OC(=O)c2ccc3c(c2)C(C)c2cc(OCCOC(=O)C(=C)CC(=O)OC)ccc2-3)cc1. The fourth-order valence-electron chi connectivity index (χ4n) is 5.01. The predicted octanol–water partition coefficient (Wildman–Crippen LogP) is 5.51. The molecule has 0 fully saturated rings. The average Bonchev–Trinajstić information content (AvgIpc) is 3.40. The maximum atomic E-state index is 13.0. The highest BCUT2D eigenvalue weighted by atomic mass is 16.6. The van der Waals surface area contributed by atoms with Gasteiger partial charge in [-0.15, -0.1) is 0 Å². The van der Waals surface area contributed by atoms with E-state index in [-0.39, 0.29) is 56.3 Å². The molecule has 0 N–H and O–H groups in total. The van der Waals surface area contributed by atoms with Gasteiger partial charge < -0.3 is 33.2 Å². The first-order valence-corrected chi connectivity index (χ1v) is 15.7. The summed E-state index contributed by atoms with van der Waals surface area (Å²) in [5, 5.41) is 0. The summed E-state index contributed by atoms with van der Waals surface area (Å²) in [7, 11) is 2.45. The lowest BCUT2D eigenvalue weighted by Gasteiger charge is -2.11. The van der Waals surface area contributed by atoms with E-state index in [1.54, 1.807) is 30.3 Å². The summed E-state index contributed by atoms with van der Waals surface area (Å²) >= 11 is 0. The molecule has 12 nitrogen and oxygen atoms in total. The first-order chi connectivity index (χ1) is 24.0. The molecule has 0 amide bonds. The van der Waals surface area contributed by atoms with Crippen molar-refractivity contribution in [3.05, 3.63) is 102 Å². The third-order valence-electron chi connectivity index (χ3n) is 7.69. The van der Waals surface area contributed by atoms with Crippen molar-refractivity contribution in [2.45, 2.75) is 32.1 Å². The molecule has 0 aliphatic heterocycles. The van der Waals surface area contributed by atoms with Gasteiger partial charge in [-0.1, -0.05) is 32.2 Å². The lowest BCUT2D eigenvalue weighted by Crippen LogP contribution is -2.15. The van der Waals surface area contributed by atoms with Gasteiger partial charge in [0.25, 0.3) is 0 Å². The molecule has 0 radical (unpaired) electrons. The van der Waals surface area contributed by atoms with Gasteiger partial charge in [0.1, 0.15) is 30.5 Å². The van der Waals surface area contributed by atoms with E-state index in [1.807, 2.05) is 37.3 Å². The standard InChI is InChI=1S/C38H38O12/c1-23(19-34(39)44-4)36(41)48-16-6-15-46-27-8-10-28(11-9-27)50-38(43)26-7-13-30-31-14-12-29(22-33(31)25(3)32(30)21-26)47-17-18-49-37(42)24(2)20-35(40)45-5/h7-14,21-22,25H,1-2,6,15-20H2,3-5H3. The van der Waals surface area contributed by atoms with E-state index in [0.29, 0.717) is 29.2 Å². The van der Waals surface area contributed by atoms with E-state index in [1.165, 1.54) is 14.2 Å². The molecule has 1 unspecified atom stereocenters. The van der Waals surface area contributed by atoms with Crippen molar-refractivity contribution in [2.75, 3.05) is 40.6 Å². The average molecular weight is 687 g/mol. The molecule has 0 heterocycles. The van der Waals surface area contributed by atoms with Gasteiger partial charge in [-0.05, 0) is 70.8 Å². The van der Waals surface area contributed by atoms with Crippen LogP contribution in [0.25, 0.3) is 11.1 Å². The second kappa shape index (κ2) is 17.5. The van der Waals surface area contributed by atoms with Gasteiger partial charge in [-0.3, -0.25) is 9.59 Å². The Kier molecular flexibility index (Phi) is 12.9. The molecule has 3 aromatic rings. The van der Waals surface area contributed by atoms with Gasteiger partial charge >= 0.3 is 29.8 Å². The van der Waals surface area contributed by atoms with Crippen LogP contribution >= 0.6 is 0 Å². The van der Waals surface area contributed by atoms with Crippen molar-refractivity contribution in [2.24, 2.45) is 0 Å². The van der Waals surface area contributed by atoms with Crippen LogP contribution in [0.15, 0.2) is 85.0 Å². The van der Waals surface area contributed by atoms with E-state index in [2.05, 4.69) is 22.6 Å². The Morgan fingerprint density at radius 2 is 1.14 bits per heavy atom.